The maximum Gasteiger partial charge on any atom is 0.222 e. The molecule has 5 nitrogen and oxygen atoms in total. The highest BCUT2D eigenvalue weighted by Gasteiger charge is 2.12. The van der Waals surface area contributed by atoms with E-state index >= 15 is 0 Å². The molecule has 5 heteroatoms. The summed E-state index contributed by atoms with van der Waals surface area (Å²) in [4.78, 5) is 9.22. The van der Waals surface area contributed by atoms with Gasteiger partial charge in [-0.1, -0.05) is 30.3 Å². The van der Waals surface area contributed by atoms with E-state index in [1.165, 1.54) is 0 Å². The fourth-order valence-electron chi connectivity index (χ4n) is 2.92. The minimum absolute atomic E-state index is 0.517. The Balaban J connectivity index is 1.65. The molecule has 0 aromatic heterocycles. The molecular formula is C21H21N3O2. The molecule has 6 bridgehead atoms. The Morgan fingerprint density at radius 2 is 1.88 bits per heavy atom. The monoisotopic (exact) mass is 347 g/mol. The Hall–Kier alpha value is -2.92. The normalized spacial score (nSPS) is 17.2. The lowest BCUT2D eigenvalue weighted by atomic mass is 10.1. The quantitative estimate of drug-likeness (QED) is 0.737. The number of anilines is 1. The smallest absolute Gasteiger partial charge is 0.222 e. The average molecular weight is 347 g/mol. The van der Waals surface area contributed by atoms with Crippen LogP contribution in [0.1, 0.15) is 17.5 Å². The molecule has 0 amide bonds. The molecule has 2 aliphatic heterocycles. The topological polar surface area (TPSA) is 55.2 Å². The molecule has 0 radical (unpaired) electrons. The van der Waals surface area contributed by atoms with Crippen LogP contribution in [-0.4, -0.2) is 31.4 Å². The lowest BCUT2D eigenvalue weighted by Gasteiger charge is -2.15. The summed E-state index contributed by atoms with van der Waals surface area (Å²) in [5.74, 6) is 1.48. The van der Waals surface area contributed by atoms with Gasteiger partial charge in [-0.15, -0.1) is 0 Å². The SMILES string of the molecule is C1=CCOc2cccc(c2)C2=NC(=NCC2)Nc2cccc(c2)COC1. The van der Waals surface area contributed by atoms with E-state index in [4.69, 9.17) is 14.5 Å². The van der Waals surface area contributed by atoms with Crippen molar-refractivity contribution in [3.8, 4) is 5.75 Å². The maximum absolute atomic E-state index is 5.80. The number of hydrogen-bond acceptors (Lipinski definition) is 5. The van der Waals surface area contributed by atoms with E-state index in [2.05, 4.69) is 28.5 Å². The molecule has 2 aliphatic rings. The van der Waals surface area contributed by atoms with E-state index < -0.39 is 0 Å². The standard InChI is InChI=1S/C21H21N3O2/c1-2-12-26-19-8-4-6-17(14-19)20-9-10-22-21(24-20)23-18-7-3-5-16(13-18)15-25-11-1/h1-8,13-14H,9-12,15H2,(H,22,23). The summed E-state index contributed by atoms with van der Waals surface area (Å²) in [6, 6.07) is 16.2. The molecule has 132 valence electrons. The second-order valence-electron chi connectivity index (χ2n) is 6.16. The minimum atomic E-state index is 0.517. The summed E-state index contributed by atoms with van der Waals surface area (Å²) in [6.45, 7) is 2.35. The van der Waals surface area contributed by atoms with Crippen LogP contribution in [0.4, 0.5) is 5.69 Å². The summed E-state index contributed by atoms with van der Waals surface area (Å²) in [7, 11) is 0. The molecule has 0 atom stereocenters. The highest BCUT2D eigenvalue weighted by Crippen LogP contribution is 2.18. The predicted molar refractivity (Wildman–Crippen MR) is 104 cm³/mol. The van der Waals surface area contributed by atoms with Gasteiger partial charge in [0, 0.05) is 18.7 Å². The number of benzene rings is 2. The summed E-state index contributed by atoms with van der Waals surface area (Å²) in [5.41, 5.74) is 4.16. The lowest BCUT2D eigenvalue weighted by molar-refractivity contribution is 0.148. The average Bonchev–Trinajstić information content (AvgIpc) is 2.67. The number of ether oxygens (including phenoxy) is 2. The predicted octanol–water partition coefficient (Wildman–Crippen LogP) is 3.81. The van der Waals surface area contributed by atoms with Crippen LogP contribution in [0.3, 0.4) is 0 Å². The maximum atomic E-state index is 5.80. The van der Waals surface area contributed by atoms with E-state index in [1.54, 1.807) is 0 Å². The number of rotatable bonds is 0. The first-order chi connectivity index (χ1) is 12.9. The van der Waals surface area contributed by atoms with Gasteiger partial charge in [0.1, 0.15) is 12.4 Å². The molecule has 2 aromatic carbocycles. The molecule has 0 unspecified atom stereocenters. The Morgan fingerprint density at radius 1 is 0.962 bits per heavy atom. The molecule has 0 fully saturated rings. The number of fused-ring (bicyclic) bond motifs is 6. The number of guanidine groups is 1. The van der Waals surface area contributed by atoms with Gasteiger partial charge < -0.3 is 14.8 Å². The van der Waals surface area contributed by atoms with Gasteiger partial charge in [0.25, 0.3) is 0 Å². The van der Waals surface area contributed by atoms with Crippen molar-refractivity contribution in [1.29, 1.82) is 0 Å². The largest absolute Gasteiger partial charge is 0.490 e. The van der Waals surface area contributed by atoms with Crippen molar-refractivity contribution in [3.63, 3.8) is 0 Å². The van der Waals surface area contributed by atoms with Crippen LogP contribution in [0, 0.1) is 0 Å². The third kappa shape index (κ3) is 4.18. The number of nitrogens with one attached hydrogen (secondary N) is 1. The highest BCUT2D eigenvalue weighted by atomic mass is 16.5. The first-order valence-corrected chi connectivity index (χ1v) is 8.81. The summed E-state index contributed by atoms with van der Waals surface area (Å²) < 4.78 is 11.5. The van der Waals surface area contributed by atoms with Crippen LogP contribution in [0.2, 0.25) is 0 Å². The van der Waals surface area contributed by atoms with Gasteiger partial charge in [0.2, 0.25) is 5.96 Å². The Morgan fingerprint density at radius 3 is 2.88 bits per heavy atom. The molecular weight excluding hydrogens is 326 g/mol. The van der Waals surface area contributed by atoms with Gasteiger partial charge in [0.05, 0.1) is 18.9 Å². The van der Waals surface area contributed by atoms with Crippen LogP contribution in [0.5, 0.6) is 5.75 Å². The molecule has 4 rings (SSSR count). The van der Waals surface area contributed by atoms with E-state index in [1.807, 2.05) is 42.5 Å². The van der Waals surface area contributed by atoms with Crippen molar-refractivity contribution < 1.29 is 9.47 Å². The van der Waals surface area contributed by atoms with Crippen LogP contribution in [0.25, 0.3) is 0 Å². The van der Waals surface area contributed by atoms with Crippen LogP contribution >= 0.6 is 0 Å². The van der Waals surface area contributed by atoms with Gasteiger partial charge in [-0.2, -0.15) is 0 Å². The fraction of sp³-hybridized carbons (Fsp3) is 0.238. The molecule has 26 heavy (non-hydrogen) atoms. The first kappa shape index (κ1) is 16.5. The summed E-state index contributed by atoms with van der Waals surface area (Å²) in [5, 5.41) is 3.31. The highest BCUT2D eigenvalue weighted by molar-refractivity contribution is 6.11. The van der Waals surface area contributed by atoms with E-state index in [-0.39, 0.29) is 0 Å². The lowest BCUT2D eigenvalue weighted by Crippen LogP contribution is -2.19. The number of aliphatic imine (C=N–C) groups is 2. The van der Waals surface area contributed by atoms with E-state index in [9.17, 15) is 0 Å². The molecule has 0 saturated carbocycles. The minimum Gasteiger partial charge on any atom is -0.490 e. The van der Waals surface area contributed by atoms with Gasteiger partial charge in [-0.05, 0) is 41.5 Å². The number of nitrogens with zero attached hydrogens (tertiary/aromatic N) is 2. The van der Waals surface area contributed by atoms with Crippen molar-refractivity contribution in [1.82, 2.24) is 0 Å². The zero-order valence-electron chi connectivity index (χ0n) is 14.5. The molecule has 2 aromatic rings. The van der Waals surface area contributed by atoms with E-state index in [0.29, 0.717) is 25.8 Å². The van der Waals surface area contributed by atoms with Crippen molar-refractivity contribution >= 4 is 17.4 Å². The second kappa shape index (κ2) is 7.97. The Labute approximate surface area is 153 Å². The van der Waals surface area contributed by atoms with E-state index in [0.717, 1.165) is 41.2 Å². The fourth-order valence-corrected chi connectivity index (χ4v) is 2.92. The Kier molecular flexibility index (Phi) is 5.07. The van der Waals surface area contributed by atoms with Crippen LogP contribution < -0.4 is 10.1 Å². The zero-order chi connectivity index (χ0) is 17.6. The third-order valence-corrected chi connectivity index (χ3v) is 4.20. The third-order valence-electron chi connectivity index (χ3n) is 4.20. The van der Waals surface area contributed by atoms with Crippen LogP contribution in [0.15, 0.2) is 70.7 Å². The van der Waals surface area contributed by atoms with Gasteiger partial charge >= 0.3 is 0 Å². The molecule has 0 saturated heterocycles. The molecule has 1 N–H and O–H groups in total. The summed E-state index contributed by atoms with van der Waals surface area (Å²) in [6.07, 6.45) is 4.78. The molecule has 0 aliphatic carbocycles. The summed E-state index contributed by atoms with van der Waals surface area (Å²) >= 11 is 0. The van der Waals surface area contributed by atoms with Crippen LogP contribution in [-0.2, 0) is 11.3 Å². The first-order valence-electron chi connectivity index (χ1n) is 8.81. The van der Waals surface area contributed by atoms with Crippen molar-refractivity contribution in [3.05, 3.63) is 71.8 Å². The second-order valence-corrected chi connectivity index (χ2v) is 6.16. The van der Waals surface area contributed by atoms with Gasteiger partial charge in [0.15, 0.2) is 0 Å². The zero-order valence-corrected chi connectivity index (χ0v) is 14.5. The molecule has 2 heterocycles. The van der Waals surface area contributed by atoms with Crippen molar-refractivity contribution in [2.75, 3.05) is 25.1 Å². The number of hydrogen-bond donors (Lipinski definition) is 1. The molecule has 0 spiro atoms. The van der Waals surface area contributed by atoms with Crippen molar-refractivity contribution in [2.45, 2.75) is 13.0 Å². The van der Waals surface area contributed by atoms with Crippen molar-refractivity contribution in [2.24, 2.45) is 9.98 Å². The van der Waals surface area contributed by atoms with Gasteiger partial charge in [-0.25, -0.2) is 4.99 Å². The van der Waals surface area contributed by atoms with Gasteiger partial charge in [-0.3, -0.25) is 4.99 Å². The Bertz CT molecular complexity index is 871.